The number of anilines is 1. The molecular weight excluding hydrogens is 305 g/mol. The highest BCUT2D eigenvalue weighted by Crippen LogP contribution is 2.25. The summed E-state index contributed by atoms with van der Waals surface area (Å²) in [6.45, 7) is 2.56. The standard InChI is InChI=1S/C17H17ClFNO2/c1-2-10-22-16-9-4-3-8-15(16)20-17(21)11-12-13(18)6-5-7-14(12)19/h3-9H,2,10-11H2,1H3,(H,20,21). The van der Waals surface area contributed by atoms with Crippen molar-refractivity contribution in [1.29, 1.82) is 0 Å². The van der Waals surface area contributed by atoms with E-state index in [1.54, 1.807) is 24.3 Å². The molecule has 5 heteroatoms. The van der Waals surface area contributed by atoms with E-state index in [0.29, 0.717) is 18.0 Å². The molecule has 0 saturated heterocycles. The Bertz CT molecular complexity index is 641. The van der Waals surface area contributed by atoms with Gasteiger partial charge in [0.15, 0.2) is 0 Å². The van der Waals surface area contributed by atoms with Crippen molar-refractivity contribution in [1.82, 2.24) is 0 Å². The van der Waals surface area contributed by atoms with Crippen molar-refractivity contribution in [2.75, 3.05) is 11.9 Å². The quantitative estimate of drug-likeness (QED) is 0.853. The monoisotopic (exact) mass is 321 g/mol. The molecule has 0 heterocycles. The Kier molecular flexibility index (Phi) is 5.78. The van der Waals surface area contributed by atoms with Gasteiger partial charge in [-0.2, -0.15) is 0 Å². The average molecular weight is 322 g/mol. The van der Waals surface area contributed by atoms with Crippen LogP contribution in [-0.4, -0.2) is 12.5 Å². The molecule has 0 spiro atoms. The fourth-order valence-electron chi connectivity index (χ4n) is 1.96. The van der Waals surface area contributed by atoms with Crippen molar-refractivity contribution >= 4 is 23.2 Å². The summed E-state index contributed by atoms with van der Waals surface area (Å²) >= 11 is 5.93. The lowest BCUT2D eigenvalue weighted by atomic mass is 10.1. The molecule has 0 atom stereocenters. The highest BCUT2D eigenvalue weighted by molar-refractivity contribution is 6.31. The van der Waals surface area contributed by atoms with Gasteiger partial charge in [-0.05, 0) is 30.7 Å². The summed E-state index contributed by atoms with van der Waals surface area (Å²) in [7, 11) is 0. The minimum Gasteiger partial charge on any atom is -0.491 e. The molecule has 0 aliphatic heterocycles. The largest absolute Gasteiger partial charge is 0.491 e. The molecule has 116 valence electrons. The van der Waals surface area contributed by atoms with Crippen LogP contribution in [-0.2, 0) is 11.2 Å². The zero-order valence-corrected chi connectivity index (χ0v) is 13.0. The van der Waals surface area contributed by atoms with Crippen LogP contribution in [0.15, 0.2) is 42.5 Å². The molecule has 2 aromatic carbocycles. The van der Waals surface area contributed by atoms with Crippen LogP contribution in [0.2, 0.25) is 5.02 Å². The lowest BCUT2D eigenvalue weighted by molar-refractivity contribution is -0.115. The lowest BCUT2D eigenvalue weighted by Crippen LogP contribution is -2.16. The van der Waals surface area contributed by atoms with Gasteiger partial charge < -0.3 is 10.1 Å². The molecule has 0 fully saturated rings. The summed E-state index contributed by atoms with van der Waals surface area (Å²) in [6, 6.07) is 11.5. The molecule has 1 amide bonds. The van der Waals surface area contributed by atoms with Gasteiger partial charge in [-0.3, -0.25) is 4.79 Å². The minimum absolute atomic E-state index is 0.131. The second-order valence-corrected chi connectivity index (χ2v) is 5.18. The van der Waals surface area contributed by atoms with Gasteiger partial charge in [0.1, 0.15) is 11.6 Å². The summed E-state index contributed by atoms with van der Waals surface area (Å²) in [5.74, 6) is -0.241. The fourth-order valence-corrected chi connectivity index (χ4v) is 2.19. The number of carbonyl (C=O) groups excluding carboxylic acids is 1. The number of para-hydroxylation sites is 2. The molecule has 2 rings (SSSR count). The summed E-state index contributed by atoms with van der Waals surface area (Å²) in [4.78, 5) is 12.1. The first kappa shape index (κ1) is 16.3. The highest BCUT2D eigenvalue weighted by Gasteiger charge is 2.13. The van der Waals surface area contributed by atoms with Crippen molar-refractivity contribution in [3.05, 3.63) is 58.9 Å². The van der Waals surface area contributed by atoms with Crippen molar-refractivity contribution < 1.29 is 13.9 Å². The van der Waals surface area contributed by atoms with Gasteiger partial charge in [0.05, 0.1) is 18.7 Å². The molecule has 3 nitrogen and oxygen atoms in total. The summed E-state index contributed by atoms with van der Waals surface area (Å²) in [6.07, 6.45) is 0.737. The van der Waals surface area contributed by atoms with Crippen molar-refractivity contribution in [2.45, 2.75) is 19.8 Å². The van der Waals surface area contributed by atoms with E-state index >= 15 is 0 Å². The number of halogens is 2. The predicted molar refractivity (Wildman–Crippen MR) is 86.0 cm³/mol. The third-order valence-corrected chi connectivity index (χ3v) is 3.38. The zero-order chi connectivity index (χ0) is 15.9. The Hall–Kier alpha value is -2.07. The molecule has 0 aromatic heterocycles. The van der Waals surface area contributed by atoms with E-state index < -0.39 is 5.82 Å². The Morgan fingerprint density at radius 2 is 2.00 bits per heavy atom. The van der Waals surface area contributed by atoms with E-state index in [1.165, 1.54) is 12.1 Å². The summed E-state index contributed by atoms with van der Waals surface area (Å²) in [5, 5.41) is 2.97. The van der Waals surface area contributed by atoms with Crippen LogP contribution in [0, 0.1) is 5.82 Å². The first-order chi connectivity index (χ1) is 10.6. The maximum atomic E-state index is 13.7. The molecular formula is C17H17ClFNO2. The van der Waals surface area contributed by atoms with Gasteiger partial charge in [0.2, 0.25) is 5.91 Å². The third-order valence-electron chi connectivity index (χ3n) is 3.02. The van der Waals surface area contributed by atoms with E-state index in [0.717, 1.165) is 6.42 Å². The Morgan fingerprint density at radius 3 is 2.73 bits per heavy atom. The number of ether oxygens (including phenoxy) is 1. The number of benzene rings is 2. The molecule has 2 aromatic rings. The summed E-state index contributed by atoms with van der Waals surface area (Å²) in [5.41, 5.74) is 0.752. The Labute approximate surface area is 134 Å². The van der Waals surface area contributed by atoms with Crippen LogP contribution in [0.5, 0.6) is 5.75 Å². The molecule has 0 bridgehead atoms. The van der Waals surface area contributed by atoms with Crippen LogP contribution in [0.4, 0.5) is 10.1 Å². The highest BCUT2D eigenvalue weighted by atomic mass is 35.5. The number of amides is 1. The van der Waals surface area contributed by atoms with Crippen LogP contribution < -0.4 is 10.1 Å². The van der Waals surface area contributed by atoms with Crippen LogP contribution in [0.25, 0.3) is 0 Å². The van der Waals surface area contributed by atoms with E-state index in [1.807, 2.05) is 13.0 Å². The smallest absolute Gasteiger partial charge is 0.229 e. The molecule has 1 N–H and O–H groups in total. The number of hydrogen-bond donors (Lipinski definition) is 1. The number of hydrogen-bond acceptors (Lipinski definition) is 2. The van der Waals surface area contributed by atoms with E-state index in [9.17, 15) is 9.18 Å². The van der Waals surface area contributed by atoms with Crippen LogP contribution in [0.1, 0.15) is 18.9 Å². The van der Waals surface area contributed by atoms with E-state index in [-0.39, 0.29) is 22.9 Å². The fraction of sp³-hybridized carbons (Fsp3) is 0.235. The maximum Gasteiger partial charge on any atom is 0.229 e. The average Bonchev–Trinajstić information content (AvgIpc) is 2.50. The minimum atomic E-state index is -0.488. The second-order valence-electron chi connectivity index (χ2n) is 4.77. The lowest BCUT2D eigenvalue weighted by Gasteiger charge is -2.12. The number of nitrogens with one attached hydrogen (secondary N) is 1. The van der Waals surface area contributed by atoms with Gasteiger partial charge in [0, 0.05) is 10.6 Å². The normalized spacial score (nSPS) is 10.3. The Morgan fingerprint density at radius 1 is 1.23 bits per heavy atom. The van der Waals surface area contributed by atoms with E-state index in [2.05, 4.69) is 5.32 Å². The zero-order valence-electron chi connectivity index (χ0n) is 12.2. The molecule has 0 unspecified atom stereocenters. The SMILES string of the molecule is CCCOc1ccccc1NC(=O)Cc1c(F)cccc1Cl. The first-order valence-corrected chi connectivity index (χ1v) is 7.44. The second kappa shape index (κ2) is 7.80. The van der Waals surface area contributed by atoms with Gasteiger partial charge in [-0.25, -0.2) is 4.39 Å². The van der Waals surface area contributed by atoms with Crippen LogP contribution >= 0.6 is 11.6 Å². The predicted octanol–water partition coefficient (Wildman–Crippen LogP) is 4.45. The topological polar surface area (TPSA) is 38.3 Å². The van der Waals surface area contributed by atoms with Gasteiger partial charge in [-0.1, -0.05) is 36.7 Å². The molecule has 0 radical (unpaired) electrons. The molecule has 0 saturated carbocycles. The maximum absolute atomic E-state index is 13.7. The third kappa shape index (κ3) is 4.21. The van der Waals surface area contributed by atoms with Gasteiger partial charge >= 0.3 is 0 Å². The van der Waals surface area contributed by atoms with Crippen molar-refractivity contribution in [3.8, 4) is 5.75 Å². The van der Waals surface area contributed by atoms with Crippen molar-refractivity contribution in [2.24, 2.45) is 0 Å². The first-order valence-electron chi connectivity index (χ1n) is 7.06. The Balaban J connectivity index is 2.09. The number of carbonyl (C=O) groups is 1. The van der Waals surface area contributed by atoms with Gasteiger partial charge in [-0.15, -0.1) is 0 Å². The molecule has 22 heavy (non-hydrogen) atoms. The van der Waals surface area contributed by atoms with Crippen LogP contribution in [0.3, 0.4) is 0 Å². The van der Waals surface area contributed by atoms with Crippen molar-refractivity contribution in [3.63, 3.8) is 0 Å². The molecule has 0 aliphatic rings. The molecule has 0 aliphatic carbocycles. The van der Waals surface area contributed by atoms with Gasteiger partial charge in [0.25, 0.3) is 0 Å². The summed E-state index contributed by atoms with van der Waals surface area (Å²) < 4.78 is 19.3. The number of rotatable bonds is 6. The van der Waals surface area contributed by atoms with E-state index in [4.69, 9.17) is 16.3 Å².